The van der Waals surface area contributed by atoms with Crippen molar-refractivity contribution in [2.75, 3.05) is 26.2 Å². The van der Waals surface area contributed by atoms with Gasteiger partial charge in [0.2, 0.25) is 5.91 Å². The average molecular weight is 210 g/mol. The zero-order valence-electron chi connectivity index (χ0n) is 9.83. The van der Waals surface area contributed by atoms with Crippen LogP contribution in [0.4, 0.5) is 0 Å². The van der Waals surface area contributed by atoms with Gasteiger partial charge in [0.15, 0.2) is 0 Å². The number of hydrogen-bond acceptors (Lipinski definition) is 2. The molecule has 3 heteroatoms. The molecule has 1 amide bonds. The Kier molecular flexibility index (Phi) is 3.29. The van der Waals surface area contributed by atoms with Gasteiger partial charge < -0.3 is 10.2 Å². The molecule has 0 radical (unpaired) electrons. The maximum Gasteiger partial charge on any atom is 0.225 e. The molecule has 2 bridgehead atoms. The summed E-state index contributed by atoms with van der Waals surface area (Å²) in [6.07, 6.45) is 2.28. The normalized spacial score (nSPS) is 32.5. The Morgan fingerprint density at radius 3 is 2.53 bits per heavy atom. The monoisotopic (exact) mass is 210 g/mol. The molecule has 2 fully saturated rings. The van der Waals surface area contributed by atoms with Crippen molar-refractivity contribution in [3.63, 3.8) is 0 Å². The van der Waals surface area contributed by atoms with Gasteiger partial charge in [0.1, 0.15) is 0 Å². The summed E-state index contributed by atoms with van der Waals surface area (Å²) in [5, 5.41) is 3.45. The molecule has 86 valence electrons. The Labute approximate surface area is 92.2 Å². The van der Waals surface area contributed by atoms with Crippen molar-refractivity contribution in [1.82, 2.24) is 10.2 Å². The van der Waals surface area contributed by atoms with E-state index in [0.29, 0.717) is 17.7 Å². The molecule has 2 heterocycles. The van der Waals surface area contributed by atoms with E-state index in [1.165, 1.54) is 6.42 Å². The molecule has 3 atom stereocenters. The van der Waals surface area contributed by atoms with E-state index in [0.717, 1.165) is 32.6 Å². The lowest BCUT2D eigenvalue weighted by Gasteiger charge is -2.42. The Morgan fingerprint density at radius 1 is 1.40 bits per heavy atom. The lowest BCUT2D eigenvalue weighted by Crippen LogP contribution is -2.53. The molecule has 1 N–H and O–H groups in total. The molecule has 2 rings (SSSR count). The molecular formula is C12H22N2O. The summed E-state index contributed by atoms with van der Waals surface area (Å²) < 4.78 is 0. The molecular weight excluding hydrogens is 188 g/mol. The lowest BCUT2D eigenvalue weighted by atomic mass is 9.85. The number of hydrogen-bond donors (Lipinski definition) is 1. The number of nitrogens with one attached hydrogen (secondary N) is 1. The van der Waals surface area contributed by atoms with Crippen LogP contribution in [0.25, 0.3) is 0 Å². The van der Waals surface area contributed by atoms with Crippen molar-refractivity contribution in [2.45, 2.75) is 26.7 Å². The van der Waals surface area contributed by atoms with Gasteiger partial charge in [-0.25, -0.2) is 0 Å². The Bertz CT molecular complexity index is 230. The smallest absolute Gasteiger partial charge is 0.225 e. The minimum atomic E-state index is 0.205. The molecule has 0 aromatic heterocycles. The van der Waals surface area contributed by atoms with Crippen LogP contribution in [0.15, 0.2) is 0 Å². The highest BCUT2D eigenvalue weighted by Crippen LogP contribution is 2.25. The average Bonchev–Trinajstić information content (AvgIpc) is 2.26. The van der Waals surface area contributed by atoms with Crippen molar-refractivity contribution in [3.05, 3.63) is 0 Å². The third-order valence-corrected chi connectivity index (χ3v) is 3.84. The van der Waals surface area contributed by atoms with E-state index in [1.54, 1.807) is 0 Å². The third kappa shape index (κ3) is 2.33. The molecule has 2 aliphatic rings. The number of fused-ring (bicyclic) bond motifs is 2. The first-order chi connectivity index (χ1) is 7.20. The van der Waals surface area contributed by atoms with Gasteiger partial charge in [-0.3, -0.25) is 4.79 Å². The Morgan fingerprint density at radius 2 is 2.00 bits per heavy atom. The standard InChI is InChI=1S/C12H22N2O/c1-3-9(2)12(15)14-7-10-4-11(8-14)6-13-5-10/h9-11,13H,3-8H2,1-2H3. The highest BCUT2D eigenvalue weighted by Gasteiger charge is 2.33. The first-order valence-corrected chi connectivity index (χ1v) is 6.20. The predicted molar refractivity (Wildman–Crippen MR) is 60.5 cm³/mol. The second-order valence-corrected chi connectivity index (χ2v) is 5.18. The quantitative estimate of drug-likeness (QED) is 0.740. The van der Waals surface area contributed by atoms with Crippen molar-refractivity contribution in [2.24, 2.45) is 17.8 Å². The van der Waals surface area contributed by atoms with Gasteiger partial charge in [-0.15, -0.1) is 0 Å². The van der Waals surface area contributed by atoms with Crippen LogP contribution in [0.1, 0.15) is 26.7 Å². The van der Waals surface area contributed by atoms with Gasteiger partial charge in [0, 0.05) is 19.0 Å². The number of piperidine rings is 2. The fraction of sp³-hybridized carbons (Fsp3) is 0.917. The van der Waals surface area contributed by atoms with Gasteiger partial charge in [-0.05, 0) is 37.8 Å². The highest BCUT2D eigenvalue weighted by molar-refractivity contribution is 5.78. The van der Waals surface area contributed by atoms with Gasteiger partial charge in [-0.1, -0.05) is 13.8 Å². The van der Waals surface area contributed by atoms with Crippen molar-refractivity contribution in [1.29, 1.82) is 0 Å². The molecule has 0 aromatic rings. The maximum absolute atomic E-state index is 12.1. The molecule has 15 heavy (non-hydrogen) atoms. The fourth-order valence-corrected chi connectivity index (χ4v) is 2.77. The minimum Gasteiger partial charge on any atom is -0.342 e. The van der Waals surface area contributed by atoms with Gasteiger partial charge in [0.05, 0.1) is 0 Å². The molecule has 0 aliphatic carbocycles. The highest BCUT2D eigenvalue weighted by atomic mass is 16.2. The summed E-state index contributed by atoms with van der Waals surface area (Å²) in [5.41, 5.74) is 0. The Balaban J connectivity index is 1.96. The first-order valence-electron chi connectivity index (χ1n) is 6.20. The van der Waals surface area contributed by atoms with E-state index < -0.39 is 0 Å². The Hall–Kier alpha value is -0.570. The largest absolute Gasteiger partial charge is 0.342 e. The summed E-state index contributed by atoms with van der Waals surface area (Å²) in [7, 11) is 0. The number of nitrogens with zero attached hydrogens (tertiary/aromatic N) is 1. The number of amides is 1. The van der Waals surface area contributed by atoms with Crippen molar-refractivity contribution >= 4 is 5.91 Å². The molecule has 0 saturated carbocycles. The number of carbonyl (C=O) groups is 1. The molecule has 2 aliphatic heterocycles. The minimum absolute atomic E-state index is 0.205. The molecule has 3 unspecified atom stereocenters. The summed E-state index contributed by atoms with van der Waals surface area (Å²) in [5.74, 6) is 1.97. The van der Waals surface area contributed by atoms with Gasteiger partial charge in [0.25, 0.3) is 0 Å². The van der Waals surface area contributed by atoms with Crippen LogP contribution >= 0.6 is 0 Å². The number of carbonyl (C=O) groups excluding carboxylic acids is 1. The van der Waals surface area contributed by atoms with E-state index in [4.69, 9.17) is 0 Å². The van der Waals surface area contributed by atoms with Crippen LogP contribution in [-0.4, -0.2) is 37.0 Å². The van der Waals surface area contributed by atoms with Crippen LogP contribution in [0.5, 0.6) is 0 Å². The molecule has 2 saturated heterocycles. The second-order valence-electron chi connectivity index (χ2n) is 5.18. The topological polar surface area (TPSA) is 32.3 Å². The molecule has 0 spiro atoms. The maximum atomic E-state index is 12.1. The van der Waals surface area contributed by atoms with E-state index in [1.807, 2.05) is 6.92 Å². The van der Waals surface area contributed by atoms with E-state index in [9.17, 15) is 4.79 Å². The first kappa shape index (κ1) is 10.9. The van der Waals surface area contributed by atoms with Gasteiger partial charge >= 0.3 is 0 Å². The third-order valence-electron chi connectivity index (χ3n) is 3.84. The van der Waals surface area contributed by atoms with Crippen LogP contribution in [0.2, 0.25) is 0 Å². The summed E-state index contributed by atoms with van der Waals surface area (Å²) in [6, 6.07) is 0. The summed E-state index contributed by atoms with van der Waals surface area (Å²) in [6.45, 7) is 8.29. The van der Waals surface area contributed by atoms with Crippen LogP contribution in [0, 0.1) is 17.8 Å². The zero-order valence-corrected chi connectivity index (χ0v) is 9.83. The predicted octanol–water partition coefficient (Wildman–Crippen LogP) is 1.10. The van der Waals surface area contributed by atoms with Crippen molar-refractivity contribution in [3.8, 4) is 0 Å². The molecule has 0 aromatic carbocycles. The molecule has 3 nitrogen and oxygen atoms in total. The fourth-order valence-electron chi connectivity index (χ4n) is 2.77. The second kappa shape index (κ2) is 4.52. The number of rotatable bonds is 2. The van der Waals surface area contributed by atoms with Gasteiger partial charge in [-0.2, -0.15) is 0 Å². The van der Waals surface area contributed by atoms with Crippen LogP contribution in [-0.2, 0) is 4.79 Å². The zero-order chi connectivity index (χ0) is 10.8. The lowest BCUT2D eigenvalue weighted by molar-refractivity contribution is -0.138. The van der Waals surface area contributed by atoms with E-state index in [2.05, 4.69) is 17.1 Å². The van der Waals surface area contributed by atoms with E-state index >= 15 is 0 Å². The summed E-state index contributed by atoms with van der Waals surface area (Å²) >= 11 is 0. The SMILES string of the molecule is CCC(C)C(=O)N1CC2CNCC(C2)C1. The van der Waals surface area contributed by atoms with Crippen molar-refractivity contribution < 1.29 is 4.79 Å². The van der Waals surface area contributed by atoms with Crippen LogP contribution in [0.3, 0.4) is 0 Å². The number of likely N-dealkylation sites (tertiary alicyclic amines) is 1. The summed E-state index contributed by atoms with van der Waals surface area (Å²) in [4.78, 5) is 14.2. The van der Waals surface area contributed by atoms with Crippen LogP contribution < -0.4 is 5.32 Å². The van der Waals surface area contributed by atoms with E-state index in [-0.39, 0.29) is 5.92 Å².